The molecule has 122 valence electrons. The van der Waals surface area contributed by atoms with Crippen LogP contribution in [0.5, 0.6) is 5.75 Å². The Labute approximate surface area is 159 Å². The van der Waals surface area contributed by atoms with Crippen molar-refractivity contribution < 1.29 is 34.5 Å². The van der Waals surface area contributed by atoms with E-state index in [0.717, 1.165) is 16.7 Å². The standard InChI is InChI=1S/C21H18O3.Zn/c1-14(15-8-4-2-5-9-15)17-12-18(16-10-6-3-7-11-16)20(22)19(13-17)21(23)24;/h2-14,22H,1H3,(H,23,24);. The Bertz CT molecular complexity index is 861. The fourth-order valence-corrected chi connectivity index (χ4v) is 2.84. The second-order valence-electron chi connectivity index (χ2n) is 5.77. The molecule has 0 saturated heterocycles. The third kappa shape index (κ3) is 3.97. The first-order valence-electron chi connectivity index (χ1n) is 7.78. The van der Waals surface area contributed by atoms with E-state index in [4.69, 9.17) is 0 Å². The number of hydrogen-bond acceptors (Lipinski definition) is 2. The molecule has 25 heavy (non-hydrogen) atoms. The first-order chi connectivity index (χ1) is 11.6. The molecule has 0 aliphatic carbocycles. The van der Waals surface area contributed by atoms with Crippen LogP contribution in [0.4, 0.5) is 0 Å². The van der Waals surface area contributed by atoms with E-state index in [1.165, 1.54) is 0 Å². The van der Waals surface area contributed by atoms with Crippen molar-refractivity contribution in [2.24, 2.45) is 0 Å². The molecular weight excluding hydrogens is 366 g/mol. The van der Waals surface area contributed by atoms with E-state index in [9.17, 15) is 15.0 Å². The monoisotopic (exact) mass is 382 g/mol. The Morgan fingerprint density at radius 1 is 0.880 bits per heavy atom. The minimum absolute atomic E-state index is 0. The van der Waals surface area contributed by atoms with Gasteiger partial charge in [-0.05, 0) is 28.8 Å². The van der Waals surface area contributed by atoms with Gasteiger partial charge in [0, 0.05) is 31.0 Å². The number of carboxylic acid groups (broad SMARTS) is 1. The number of carboxylic acids is 1. The summed E-state index contributed by atoms with van der Waals surface area (Å²) in [5, 5.41) is 19.9. The topological polar surface area (TPSA) is 57.5 Å². The van der Waals surface area contributed by atoms with Crippen LogP contribution in [0.15, 0.2) is 72.8 Å². The first kappa shape index (κ1) is 18.9. The van der Waals surface area contributed by atoms with Gasteiger partial charge in [-0.25, -0.2) is 4.79 Å². The van der Waals surface area contributed by atoms with Crippen LogP contribution in [0.25, 0.3) is 11.1 Å². The summed E-state index contributed by atoms with van der Waals surface area (Å²) in [6.45, 7) is 2.03. The number of rotatable bonds is 4. The van der Waals surface area contributed by atoms with Gasteiger partial charge in [0.1, 0.15) is 11.3 Å². The molecule has 0 fully saturated rings. The summed E-state index contributed by atoms with van der Waals surface area (Å²) in [6.07, 6.45) is 0. The molecule has 0 heterocycles. The Hall–Kier alpha value is -2.45. The SMILES string of the molecule is CC(c1ccccc1)c1cc(C(=O)O)c(O)c(-c2ccccc2)c1.[Zn]. The summed E-state index contributed by atoms with van der Waals surface area (Å²) in [5.74, 6) is -1.31. The molecule has 3 aromatic rings. The van der Waals surface area contributed by atoms with Gasteiger partial charge in [-0.1, -0.05) is 67.6 Å². The Morgan fingerprint density at radius 3 is 2.00 bits per heavy atom. The van der Waals surface area contributed by atoms with Crippen molar-refractivity contribution in [3.8, 4) is 16.9 Å². The van der Waals surface area contributed by atoms with Crippen molar-refractivity contribution in [3.63, 3.8) is 0 Å². The summed E-state index contributed by atoms with van der Waals surface area (Å²) in [6, 6.07) is 22.7. The van der Waals surface area contributed by atoms with Crippen molar-refractivity contribution >= 4 is 5.97 Å². The molecule has 3 aromatic carbocycles. The number of carbonyl (C=O) groups is 1. The van der Waals surface area contributed by atoms with Crippen LogP contribution in [-0.4, -0.2) is 16.2 Å². The Morgan fingerprint density at radius 2 is 1.44 bits per heavy atom. The second kappa shape index (κ2) is 8.09. The smallest absolute Gasteiger partial charge is 0.339 e. The van der Waals surface area contributed by atoms with Crippen molar-refractivity contribution in [1.29, 1.82) is 0 Å². The normalized spacial score (nSPS) is 11.4. The molecular formula is C21H18O3Zn. The molecule has 0 spiro atoms. The van der Waals surface area contributed by atoms with Gasteiger partial charge in [-0.15, -0.1) is 0 Å². The average Bonchev–Trinajstić information content (AvgIpc) is 2.62. The molecule has 0 saturated carbocycles. The van der Waals surface area contributed by atoms with Gasteiger partial charge >= 0.3 is 5.97 Å². The molecule has 3 nitrogen and oxygen atoms in total. The van der Waals surface area contributed by atoms with E-state index in [1.807, 2.05) is 73.7 Å². The second-order valence-corrected chi connectivity index (χ2v) is 5.77. The van der Waals surface area contributed by atoms with Crippen LogP contribution >= 0.6 is 0 Å². The minimum atomic E-state index is -1.13. The summed E-state index contributed by atoms with van der Waals surface area (Å²) >= 11 is 0. The molecule has 0 aliphatic rings. The molecule has 1 atom stereocenters. The summed E-state index contributed by atoms with van der Waals surface area (Å²) < 4.78 is 0. The molecule has 0 amide bonds. The number of aromatic hydroxyl groups is 1. The molecule has 4 heteroatoms. The predicted molar refractivity (Wildman–Crippen MR) is 94.5 cm³/mol. The maximum absolute atomic E-state index is 11.6. The van der Waals surface area contributed by atoms with Crippen molar-refractivity contribution in [1.82, 2.24) is 0 Å². The van der Waals surface area contributed by atoms with Crippen LogP contribution in [0.1, 0.15) is 34.3 Å². The summed E-state index contributed by atoms with van der Waals surface area (Å²) in [4.78, 5) is 11.6. The molecule has 0 aromatic heterocycles. The van der Waals surface area contributed by atoms with Crippen molar-refractivity contribution in [3.05, 3.63) is 89.5 Å². The first-order valence-corrected chi connectivity index (χ1v) is 7.78. The third-order valence-corrected chi connectivity index (χ3v) is 4.25. The van der Waals surface area contributed by atoms with Crippen molar-refractivity contribution in [2.45, 2.75) is 12.8 Å². The van der Waals surface area contributed by atoms with Crippen LogP contribution in [0.3, 0.4) is 0 Å². The van der Waals surface area contributed by atoms with Crippen LogP contribution in [-0.2, 0) is 19.5 Å². The van der Waals surface area contributed by atoms with Gasteiger partial charge in [0.25, 0.3) is 0 Å². The molecule has 2 N–H and O–H groups in total. The quantitative estimate of drug-likeness (QED) is 0.629. The molecule has 3 rings (SSSR count). The van der Waals surface area contributed by atoms with Crippen molar-refractivity contribution in [2.75, 3.05) is 0 Å². The number of phenols is 1. The average molecular weight is 384 g/mol. The number of hydrogen-bond donors (Lipinski definition) is 2. The summed E-state index contributed by atoms with van der Waals surface area (Å²) in [7, 11) is 0. The maximum atomic E-state index is 11.6. The molecule has 0 radical (unpaired) electrons. The fraction of sp³-hybridized carbons (Fsp3) is 0.0952. The Balaban J connectivity index is 0.00000225. The molecule has 0 aliphatic heterocycles. The largest absolute Gasteiger partial charge is 0.506 e. The Kier molecular flexibility index (Phi) is 6.11. The summed E-state index contributed by atoms with van der Waals surface area (Å²) in [5.41, 5.74) is 3.20. The van der Waals surface area contributed by atoms with Gasteiger partial charge < -0.3 is 10.2 Å². The van der Waals surface area contributed by atoms with Gasteiger partial charge in [-0.2, -0.15) is 0 Å². The van der Waals surface area contributed by atoms with E-state index in [2.05, 4.69) is 0 Å². The van der Waals surface area contributed by atoms with Crippen LogP contribution < -0.4 is 0 Å². The van der Waals surface area contributed by atoms with Gasteiger partial charge in [0.05, 0.1) is 0 Å². The van der Waals surface area contributed by atoms with E-state index in [-0.39, 0.29) is 36.7 Å². The van der Waals surface area contributed by atoms with E-state index in [0.29, 0.717) is 5.56 Å². The number of aromatic carboxylic acids is 1. The predicted octanol–water partition coefficient (Wildman–Crippen LogP) is 4.91. The molecule has 0 bridgehead atoms. The minimum Gasteiger partial charge on any atom is -0.506 e. The zero-order valence-electron chi connectivity index (χ0n) is 14.0. The zero-order valence-corrected chi connectivity index (χ0v) is 17.0. The van der Waals surface area contributed by atoms with Crippen LogP contribution in [0, 0.1) is 0 Å². The fourth-order valence-electron chi connectivity index (χ4n) is 2.84. The maximum Gasteiger partial charge on any atom is 0.339 e. The zero-order chi connectivity index (χ0) is 17.1. The van der Waals surface area contributed by atoms with Gasteiger partial charge in [0.15, 0.2) is 0 Å². The molecule has 1 unspecified atom stereocenters. The van der Waals surface area contributed by atoms with Gasteiger partial charge in [-0.3, -0.25) is 0 Å². The number of benzene rings is 3. The third-order valence-electron chi connectivity index (χ3n) is 4.25. The van der Waals surface area contributed by atoms with E-state index in [1.54, 1.807) is 6.07 Å². The van der Waals surface area contributed by atoms with E-state index >= 15 is 0 Å². The van der Waals surface area contributed by atoms with E-state index < -0.39 is 5.97 Å². The van der Waals surface area contributed by atoms with Gasteiger partial charge in [0.2, 0.25) is 0 Å². The van der Waals surface area contributed by atoms with Crippen LogP contribution in [0.2, 0.25) is 0 Å².